The Balaban J connectivity index is 0. The summed E-state index contributed by atoms with van der Waals surface area (Å²) in [5, 5.41) is 2.25. The molecule has 0 saturated carbocycles. The van der Waals surface area contributed by atoms with Crippen LogP contribution in [0.15, 0.2) is 4.99 Å². The van der Waals surface area contributed by atoms with Crippen molar-refractivity contribution in [1.82, 2.24) is 5.32 Å². The number of nitrogens with one attached hydrogen (secondary N) is 1. The van der Waals surface area contributed by atoms with Crippen molar-refractivity contribution in [2.45, 2.75) is 39.5 Å². The lowest BCUT2D eigenvalue weighted by atomic mass is 10.2. The third-order valence-corrected chi connectivity index (χ3v) is 0.972. The van der Waals surface area contributed by atoms with Gasteiger partial charge in [0.2, 0.25) is 0 Å². The first-order valence-electron chi connectivity index (χ1n) is 4.29. The molecule has 0 fully saturated rings. The number of ether oxygens (including phenoxy) is 1. The molecule has 0 aliphatic carbocycles. The predicted molar refractivity (Wildman–Crippen MR) is 70.1 cm³/mol. The second kappa shape index (κ2) is 6.83. The maximum atomic E-state index is 11.1. The molecule has 0 bridgehead atoms. The Bertz CT molecular complexity index is 235. The van der Waals surface area contributed by atoms with Gasteiger partial charge in [0.1, 0.15) is 5.60 Å². The molecule has 1 unspecified atom stereocenters. The van der Waals surface area contributed by atoms with E-state index in [2.05, 4.69) is 10.3 Å². The van der Waals surface area contributed by atoms with Crippen LogP contribution in [0.25, 0.3) is 0 Å². The molecule has 7 heteroatoms. The monoisotopic (exact) mass is 330 g/mol. The first-order chi connectivity index (χ1) is 6.20. The molecule has 0 saturated heterocycles. The van der Waals surface area contributed by atoms with Crippen molar-refractivity contribution in [3.05, 3.63) is 0 Å². The molecule has 90 valence electrons. The van der Waals surface area contributed by atoms with Gasteiger partial charge in [0, 0.05) is 0 Å². The van der Waals surface area contributed by atoms with E-state index < -0.39 is 17.9 Å². The van der Waals surface area contributed by atoms with Crippen LogP contribution in [0.3, 0.4) is 0 Å². The summed E-state index contributed by atoms with van der Waals surface area (Å²) in [5.74, 6) is -0.0470. The number of aliphatic imine (C=N–C) groups is 1. The van der Waals surface area contributed by atoms with E-state index >= 15 is 0 Å². The highest BCUT2D eigenvalue weighted by Gasteiger charge is 2.16. The topological polar surface area (TPSA) is 103 Å². The number of carbonyl (C=O) groups is 1. The standard InChI is InChI=1S/C8H18N4O2.HI/c1-5(9)11-6(10)12-7(13)14-8(2,3)4;/h5H,9H2,1-4H3,(H3,10,11,12,13);1H. The van der Waals surface area contributed by atoms with Gasteiger partial charge in [0.25, 0.3) is 0 Å². The minimum atomic E-state index is -0.639. The number of carbonyl (C=O) groups excluding carboxylic acids is 1. The zero-order valence-electron chi connectivity index (χ0n) is 9.40. The summed E-state index contributed by atoms with van der Waals surface area (Å²) in [4.78, 5) is 14.8. The summed E-state index contributed by atoms with van der Waals surface area (Å²) in [7, 11) is 0. The highest BCUT2D eigenvalue weighted by Crippen LogP contribution is 2.05. The fourth-order valence-corrected chi connectivity index (χ4v) is 0.660. The Morgan fingerprint density at radius 2 is 1.93 bits per heavy atom. The minimum Gasteiger partial charge on any atom is -0.444 e. The average molecular weight is 330 g/mol. The van der Waals surface area contributed by atoms with E-state index in [4.69, 9.17) is 16.2 Å². The largest absolute Gasteiger partial charge is 0.444 e. The van der Waals surface area contributed by atoms with Gasteiger partial charge in [-0.1, -0.05) is 0 Å². The Morgan fingerprint density at radius 1 is 1.47 bits per heavy atom. The molecular formula is C8H19IN4O2. The summed E-state index contributed by atoms with van der Waals surface area (Å²) in [6.45, 7) is 6.91. The smallest absolute Gasteiger partial charge is 0.414 e. The van der Waals surface area contributed by atoms with Gasteiger partial charge < -0.3 is 16.2 Å². The molecule has 0 aromatic rings. The van der Waals surface area contributed by atoms with Crippen molar-refractivity contribution >= 4 is 36.0 Å². The Labute approximate surface area is 107 Å². The van der Waals surface area contributed by atoms with Gasteiger partial charge in [0.05, 0.1) is 6.17 Å². The molecule has 0 heterocycles. The number of halogens is 1. The van der Waals surface area contributed by atoms with Crippen LogP contribution >= 0.6 is 24.0 Å². The van der Waals surface area contributed by atoms with Gasteiger partial charge >= 0.3 is 6.09 Å². The number of alkyl carbamates (subject to hydrolysis) is 1. The van der Waals surface area contributed by atoms with E-state index in [1.807, 2.05) is 0 Å². The average Bonchev–Trinajstić information content (AvgIpc) is 1.77. The summed E-state index contributed by atoms with van der Waals surface area (Å²) in [5.41, 5.74) is 10.1. The quantitative estimate of drug-likeness (QED) is 0.375. The van der Waals surface area contributed by atoms with Crippen LogP contribution in [0, 0.1) is 0 Å². The Hall–Kier alpha value is -0.570. The van der Waals surface area contributed by atoms with E-state index in [0.717, 1.165) is 0 Å². The van der Waals surface area contributed by atoms with E-state index in [0.29, 0.717) is 0 Å². The highest BCUT2D eigenvalue weighted by molar-refractivity contribution is 14.0. The summed E-state index contributed by atoms with van der Waals surface area (Å²) < 4.78 is 4.94. The number of hydrogen-bond donors (Lipinski definition) is 3. The van der Waals surface area contributed by atoms with E-state index in [9.17, 15) is 4.79 Å². The second-order valence-corrected chi connectivity index (χ2v) is 3.88. The van der Waals surface area contributed by atoms with E-state index in [-0.39, 0.29) is 29.9 Å². The zero-order valence-corrected chi connectivity index (χ0v) is 11.7. The highest BCUT2D eigenvalue weighted by atomic mass is 127. The van der Waals surface area contributed by atoms with E-state index in [1.165, 1.54) is 0 Å². The van der Waals surface area contributed by atoms with Crippen LogP contribution in [0.1, 0.15) is 27.7 Å². The molecule has 0 aliphatic rings. The molecule has 5 N–H and O–H groups in total. The maximum Gasteiger partial charge on any atom is 0.414 e. The molecule has 0 rings (SSSR count). The van der Waals surface area contributed by atoms with Gasteiger partial charge in [0.15, 0.2) is 5.96 Å². The van der Waals surface area contributed by atoms with Crippen LogP contribution in [0.5, 0.6) is 0 Å². The molecule has 0 aromatic heterocycles. The van der Waals surface area contributed by atoms with Gasteiger partial charge in [-0.25, -0.2) is 9.79 Å². The third-order valence-electron chi connectivity index (χ3n) is 0.972. The van der Waals surface area contributed by atoms with Crippen molar-refractivity contribution in [2.75, 3.05) is 0 Å². The number of nitrogens with zero attached hydrogens (tertiary/aromatic N) is 1. The van der Waals surface area contributed by atoms with Crippen molar-refractivity contribution in [3.63, 3.8) is 0 Å². The zero-order chi connectivity index (χ0) is 11.4. The molecular weight excluding hydrogens is 311 g/mol. The number of nitrogens with two attached hydrogens (primary N) is 2. The fraction of sp³-hybridized carbons (Fsp3) is 0.750. The molecule has 15 heavy (non-hydrogen) atoms. The van der Waals surface area contributed by atoms with Crippen molar-refractivity contribution in [3.8, 4) is 0 Å². The van der Waals surface area contributed by atoms with Crippen molar-refractivity contribution < 1.29 is 9.53 Å². The van der Waals surface area contributed by atoms with E-state index in [1.54, 1.807) is 27.7 Å². The molecule has 1 atom stereocenters. The van der Waals surface area contributed by atoms with Gasteiger partial charge in [-0.15, -0.1) is 24.0 Å². The van der Waals surface area contributed by atoms with Crippen molar-refractivity contribution in [2.24, 2.45) is 16.5 Å². The van der Waals surface area contributed by atoms with Crippen molar-refractivity contribution in [1.29, 1.82) is 0 Å². The van der Waals surface area contributed by atoms with Gasteiger partial charge in [-0.05, 0) is 27.7 Å². The lowest BCUT2D eigenvalue weighted by molar-refractivity contribution is 0.0562. The lowest BCUT2D eigenvalue weighted by Crippen LogP contribution is -2.41. The van der Waals surface area contributed by atoms with Gasteiger partial charge in [-0.2, -0.15) is 0 Å². The Kier molecular flexibility index (Phi) is 7.67. The lowest BCUT2D eigenvalue weighted by Gasteiger charge is -2.19. The van der Waals surface area contributed by atoms with Crippen LogP contribution in [-0.2, 0) is 4.74 Å². The molecule has 0 radical (unpaired) electrons. The number of hydrogen-bond acceptors (Lipinski definition) is 4. The van der Waals surface area contributed by atoms with Crippen LogP contribution in [-0.4, -0.2) is 23.8 Å². The number of amides is 1. The minimum absolute atomic E-state index is 0. The molecule has 0 spiro atoms. The Morgan fingerprint density at radius 3 is 2.27 bits per heavy atom. The summed E-state index contributed by atoms with van der Waals surface area (Å²) >= 11 is 0. The third kappa shape index (κ3) is 11.4. The number of rotatable bonds is 1. The molecule has 1 amide bonds. The second-order valence-electron chi connectivity index (χ2n) is 3.88. The van der Waals surface area contributed by atoms with Crippen LogP contribution < -0.4 is 16.8 Å². The fourth-order valence-electron chi connectivity index (χ4n) is 0.660. The first-order valence-corrected chi connectivity index (χ1v) is 4.29. The molecule has 0 aliphatic heterocycles. The summed E-state index contributed by atoms with van der Waals surface area (Å²) in [6, 6.07) is 0. The SMILES string of the molecule is CC(N)N=C(N)NC(=O)OC(C)(C)C.I. The number of guanidine groups is 1. The first kappa shape index (κ1) is 16.8. The summed E-state index contributed by atoms with van der Waals surface area (Å²) in [6.07, 6.45) is -1.09. The maximum absolute atomic E-state index is 11.1. The molecule has 0 aromatic carbocycles. The van der Waals surface area contributed by atoms with Crippen LogP contribution in [0.2, 0.25) is 0 Å². The molecule has 6 nitrogen and oxygen atoms in total. The van der Waals surface area contributed by atoms with Crippen LogP contribution in [0.4, 0.5) is 4.79 Å². The van der Waals surface area contributed by atoms with Gasteiger partial charge in [-0.3, -0.25) is 5.32 Å². The predicted octanol–water partition coefficient (Wildman–Crippen LogP) is 0.748. The normalized spacial score (nSPS) is 13.8.